The summed E-state index contributed by atoms with van der Waals surface area (Å²) in [7, 11) is 9.55. The van der Waals surface area contributed by atoms with Gasteiger partial charge in [-0.15, -0.1) is 0 Å². The van der Waals surface area contributed by atoms with Crippen LogP contribution in [-0.2, 0) is 35.2 Å². The van der Waals surface area contributed by atoms with Gasteiger partial charge in [-0.2, -0.15) is 0 Å². The molecule has 25 aromatic rings. The lowest BCUT2D eigenvalue weighted by atomic mass is 9.96. The van der Waals surface area contributed by atoms with E-state index in [4.69, 9.17) is 30.3 Å². The number of hydrogen-bond acceptors (Lipinski definition) is 10. The van der Waals surface area contributed by atoms with Crippen molar-refractivity contribution in [2.24, 2.45) is 35.2 Å². The zero-order valence-electron chi connectivity index (χ0n) is 79.5. The molecule has 0 atom stereocenters. The molecule has 10 heterocycles. The van der Waals surface area contributed by atoms with Gasteiger partial charge in [0.2, 0.25) is 28.5 Å². The van der Waals surface area contributed by atoms with Crippen LogP contribution in [0.3, 0.4) is 0 Å². The fourth-order valence-corrected chi connectivity index (χ4v) is 18.7. The van der Waals surface area contributed by atoms with Crippen LogP contribution in [0.25, 0.3) is 220 Å². The maximum Gasteiger partial charge on any atom is 0.243 e. The molecule has 0 radical (unpaired) electrons. The third-order valence-corrected chi connectivity index (χ3v) is 25.3. The number of benzene rings is 15. The number of aryl methyl sites for hydroxylation is 13. The molecule has 129 heavy (non-hydrogen) atoms. The maximum atomic E-state index is 8.12. The zero-order valence-corrected chi connectivity index (χ0v) is 73.5. The molecule has 25 rings (SSSR count). The highest BCUT2D eigenvalue weighted by Gasteiger charge is 2.29. The third kappa shape index (κ3) is 14.2. The molecule has 0 N–H and O–H groups in total. The van der Waals surface area contributed by atoms with Crippen molar-refractivity contribution >= 4 is 164 Å². The summed E-state index contributed by atoms with van der Waals surface area (Å²) in [6, 6.07) is 97.1. The lowest BCUT2D eigenvalue weighted by molar-refractivity contribution is -0.720. The van der Waals surface area contributed by atoms with Crippen LogP contribution in [0.15, 0.2) is 332 Å². The number of rotatable bonds is 5. The Labute approximate surface area is 752 Å². The summed E-state index contributed by atoms with van der Waals surface area (Å²) >= 11 is 0. The highest BCUT2D eigenvalue weighted by Crippen LogP contribution is 2.46. The Morgan fingerprint density at radius 2 is 0.574 bits per heavy atom. The maximum absolute atomic E-state index is 8.12. The van der Waals surface area contributed by atoms with Gasteiger partial charge in [0, 0.05) is 92.4 Å². The van der Waals surface area contributed by atoms with Crippen molar-refractivity contribution in [1.82, 2.24) is 25.5 Å². The van der Waals surface area contributed by atoms with Crippen LogP contribution in [0.4, 0.5) is 0 Å². The van der Waals surface area contributed by atoms with E-state index >= 15 is 0 Å². The summed E-state index contributed by atoms with van der Waals surface area (Å²) in [4.78, 5) is 0. The molecule has 15 heteroatoms. The lowest BCUT2D eigenvalue weighted by Gasteiger charge is -2.07. The molecule has 0 saturated heterocycles. The number of aromatic nitrogens is 10. The standard InChI is InChI=1S/4C23H19N2O.C22H17N2O/c1-14-11-19-18-12-16-7-4-5-8-17(16)13-21(18)26-23(19)22(15(14)2)20-9-6-10-24-25(20)3;1-14-11-15(2)22(19-9-6-10-24-25(19)3)23-21(14)18-12-16-7-4-5-8-17(16)13-20(18)26-23;1-14-8-10-18-19-12-16-6-4-5-7-17(16)13-21(19)26-23(18)22(14)20-11-9-15(2)24-25(20)3;1-14-10-20(25(3)24-13-14)22-15(2)8-9-18-19-11-16-6-4-5-7-17(16)12-21(19)26-23(18)22;1-14-9-10-17-18-12-15-6-3-4-7-16(15)13-20(18)25-22(17)21(14)19-8-5-11-23-24(19)2/h4*4-13H,1-3H3;3-13H,1-2H3/q5*+1/i;1D3;2D3;;. The van der Waals surface area contributed by atoms with E-state index in [1.165, 1.54) is 60.0 Å². The minimum absolute atomic E-state index is 0.0735. The van der Waals surface area contributed by atoms with Crippen LogP contribution in [0.2, 0.25) is 0 Å². The van der Waals surface area contributed by atoms with Crippen molar-refractivity contribution in [3.8, 4) is 56.3 Å². The Morgan fingerprint density at radius 1 is 0.240 bits per heavy atom. The van der Waals surface area contributed by atoms with Gasteiger partial charge in [0.1, 0.15) is 61.5 Å². The number of furan rings is 5. The normalized spacial score (nSPS) is 12.5. The van der Waals surface area contributed by atoms with Crippen molar-refractivity contribution < 1.29 is 53.7 Å². The van der Waals surface area contributed by atoms with Crippen LogP contribution >= 0.6 is 0 Å². The molecular formula is C114H93N10O5+5. The molecule has 0 fully saturated rings. The summed E-state index contributed by atoms with van der Waals surface area (Å²) in [5.74, 6) is 0. The van der Waals surface area contributed by atoms with Crippen molar-refractivity contribution in [2.45, 2.75) is 62.2 Å². The second kappa shape index (κ2) is 32.2. The molecule has 624 valence electrons. The summed E-state index contributed by atoms with van der Waals surface area (Å²) < 4.78 is 88.0. The summed E-state index contributed by atoms with van der Waals surface area (Å²) in [5, 5.41) is 44.0. The average Bonchev–Trinajstić information content (AvgIpc) is 1.59. The van der Waals surface area contributed by atoms with Crippen LogP contribution < -0.4 is 23.4 Å². The Kier molecular flexibility index (Phi) is 18.3. The minimum atomic E-state index is -2.25. The molecule has 0 bridgehead atoms. The fraction of sp³-hybridized carbons (Fsp3) is 0.123. The highest BCUT2D eigenvalue weighted by molar-refractivity contribution is 6.19. The summed E-state index contributed by atoms with van der Waals surface area (Å²) in [6.45, 7) is 10.1. The summed E-state index contributed by atoms with van der Waals surface area (Å²) in [5.41, 5.74) is 26.7. The molecule has 0 unspecified atom stereocenters. The van der Waals surface area contributed by atoms with E-state index in [-0.39, 0.29) is 5.69 Å². The topological polar surface area (TPSA) is 150 Å². The minimum Gasteiger partial charge on any atom is -0.455 e. The first-order chi connectivity index (χ1) is 65.1. The SMILES string of the molecule is Cc1cc2c(oc3cc4ccccc4cc32)c(-c2cccn[n+]2C)c1C.Cc1ccc2c(oc3cc4ccccc4cc32)c1-c1cccn[n+]1C.Cc1cn[n+](C)c(-c2c(C)ccc3c2oc2cc4ccccc4cc23)c1.[2H]C([2H])([2H])c1cc(C)c(-c2cccn[n+]2C)c2oc3cc4ccccc4cc3c12.[2H]C([2H])([2H])c1ccc(-c2c(C)ccc3c2oc2cc4ccccc4cc23)[n+](C)n1. The number of fused-ring (bicyclic) bond motifs is 20. The van der Waals surface area contributed by atoms with E-state index in [0.717, 1.165) is 182 Å². The fourth-order valence-electron chi connectivity index (χ4n) is 18.7. The predicted molar refractivity (Wildman–Crippen MR) is 521 cm³/mol. The first-order valence-corrected chi connectivity index (χ1v) is 43.1. The van der Waals surface area contributed by atoms with Crippen LogP contribution in [0, 0.1) is 62.2 Å². The number of nitrogens with zero attached hydrogens (tertiary/aromatic N) is 10. The predicted octanol–water partition coefficient (Wildman–Crippen LogP) is 25.9. The molecule has 0 spiro atoms. The first kappa shape index (κ1) is 73.4. The Morgan fingerprint density at radius 3 is 0.961 bits per heavy atom. The van der Waals surface area contributed by atoms with Gasteiger partial charge < -0.3 is 22.1 Å². The van der Waals surface area contributed by atoms with Crippen LogP contribution in [0.1, 0.15) is 58.4 Å². The second-order valence-electron chi connectivity index (χ2n) is 33.6. The van der Waals surface area contributed by atoms with Gasteiger partial charge >= 0.3 is 0 Å². The molecule has 15 nitrogen and oxygen atoms in total. The Bertz CT molecular complexity index is 9180. The quantitative estimate of drug-likeness (QED) is 0.152. The highest BCUT2D eigenvalue weighted by atomic mass is 16.3. The molecule has 0 aliphatic heterocycles. The molecule has 0 saturated carbocycles. The largest absolute Gasteiger partial charge is 0.455 e. The molecule has 0 aliphatic carbocycles. The Balaban J connectivity index is 0.000000101. The number of hydrogen-bond donors (Lipinski definition) is 0. The van der Waals surface area contributed by atoms with Gasteiger partial charge in [-0.25, -0.2) is 0 Å². The second-order valence-corrected chi connectivity index (χ2v) is 33.6. The molecule has 0 amide bonds. The average molecular weight is 1690 g/mol. The third-order valence-electron chi connectivity index (χ3n) is 25.3. The van der Waals surface area contributed by atoms with E-state index < -0.39 is 13.7 Å². The van der Waals surface area contributed by atoms with Gasteiger partial charge in [-0.1, -0.05) is 187 Å². The molecule has 0 aliphatic rings. The molecule has 10 aromatic heterocycles. The van der Waals surface area contributed by atoms with Gasteiger partial charge in [0.25, 0.3) is 0 Å². The molecule has 15 aromatic carbocycles. The van der Waals surface area contributed by atoms with Crippen LogP contribution in [-0.4, -0.2) is 25.5 Å². The lowest BCUT2D eigenvalue weighted by Crippen LogP contribution is -2.36. The van der Waals surface area contributed by atoms with Gasteiger partial charge in [0.15, 0.2) is 35.2 Å². The monoisotopic (exact) mass is 1690 g/mol. The van der Waals surface area contributed by atoms with E-state index in [1.807, 2.05) is 135 Å². The van der Waals surface area contributed by atoms with Crippen molar-refractivity contribution in [1.29, 1.82) is 0 Å². The summed E-state index contributed by atoms with van der Waals surface area (Å²) in [6.07, 6.45) is 7.20. The van der Waals surface area contributed by atoms with Gasteiger partial charge in [0.05, 0.1) is 52.6 Å². The van der Waals surface area contributed by atoms with E-state index in [1.54, 1.807) is 53.2 Å². The van der Waals surface area contributed by atoms with Gasteiger partial charge in [-0.3, -0.25) is 0 Å². The first-order valence-electron chi connectivity index (χ1n) is 46.1. The van der Waals surface area contributed by atoms with Gasteiger partial charge in [-0.05, 0) is 277 Å². The Hall–Kier alpha value is -16.0. The van der Waals surface area contributed by atoms with Crippen LogP contribution in [0.5, 0.6) is 0 Å². The van der Waals surface area contributed by atoms with Crippen molar-refractivity contribution in [2.75, 3.05) is 0 Å². The van der Waals surface area contributed by atoms with E-state index in [0.29, 0.717) is 22.1 Å². The van der Waals surface area contributed by atoms with Crippen molar-refractivity contribution in [3.05, 3.63) is 360 Å². The molecular weight excluding hydrogens is 1590 g/mol. The smallest absolute Gasteiger partial charge is 0.243 e. The van der Waals surface area contributed by atoms with E-state index in [2.05, 4.69) is 254 Å². The zero-order chi connectivity index (χ0) is 93.3. The van der Waals surface area contributed by atoms with E-state index in [9.17, 15) is 0 Å². The van der Waals surface area contributed by atoms with Crippen molar-refractivity contribution in [3.63, 3.8) is 0 Å².